The Bertz CT molecular complexity index is 1280. The van der Waals surface area contributed by atoms with Crippen molar-refractivity contribution in [1.82, 2.24) is 0 Å². The normalized spacial score (nSPS) is 36.2. The van der Waals surface area contributed by atoms with Gasteiger partial charge in [0.1, 0.15) is 61.2 Å². The highest BCUT2D eigenvalue weighted by atomic mass is 16.8. The van der Waals surface area contributed by atoms with E-state index < -0.39 is 105 Å². The highest BCUT2D eigenvalue weighted by Gasteiger charge is 2.48. The van der Waals surface area contributed by atoms with Gasteiger partial charge in [0.25, 0.3) is 0 Å². The number of ether oxygens (including phenoxy) is 7. The summed E-state index contributed by atoms with van der Waals surface area (Å²) >= 11 is 0. The van der Waals surface area contributed by atoms with Gasteiger partial charge in [-0.05, 0) is 31.0 Å². The predicted octanol–water partition coefficient (Wildman–Crippen LogP) is -2.52. The molecule has 48 heavy (non-hydrogen) atoms. The molecule has 0 unspecified atom stereocenters. The number of aliphatic hydroxyl groups is 7. The van der Waals surface area contributed by atoms with E-state index in [4.69, 9.17) is 33.2 Å². The highest BCUT2D eigenvalue weighted by Crippen LogP contribution is 2.36. The van der Waals surface area contributed by atoms with Crippen molar-refractivity contribution < 1.29 is 83.6 Å². The first-order chi connectivity index (χ1) is 22.9. The lowest BCUT2D eigenvalue weighted by Gasteiger charge is -2.42. The van der Waals surface area contributed by atoms with Gasteiger partial charge in [0.2, 0.25) is 6.29 Å². The minimum atomic E-state index is -1.75. The molecule has 0 bridgehead atoms. The second-order valence-electron chi connectivity index (χ2n) is 11.4. The number of esters is 2. The van der Waals surface area contributed by atoms with E-state index in [1.165, 1.54) is 18.2 Å². The fraction of sp³-hybridized carbons (Fsp3) is 0.613. The summed E-state index contributed by atoms with van der Waals surface area (Å²) in [4.78, 5) is 25.7. The quantitative estimate of drug-likeness (QED) is 0.0834. The largest absolute Gasteiger partial charge is 0.508 e. The number of carbonyl (C=O) groups excluding carboxylic acids is 2. The van der Waals surface area contributed by atoms with Gasteiger partial charge in [-0.1, -0.05) is 18.2 Å². The molecule has 4 rings (SSSR count). The summed E-state index contributed by atoms with van der Waals surface area (Å²) in [5.41, 5.74) is 0.922. The summed E-state index contributed by atoms with van der Waals surface area (Å²) in [5, 5.41) is 80.8. The lowest BCUT2D eigenvalue weighted by molar-refractivity contribution is -0.327. The van der Waals surface area contributed by atoms with Gasteiger partial charge in [-0.3, -0.25) is 4.79 Å². The van der Waals surface area contributed by atoms with Gasteiger partial charge in [0.15, 0.2) is 12.6 Å². The third-order valence-corrected chi connectivity index (χ3v) is 8.29. The molecular formula is C31H42O17. The maximum absolute atomic E-state index is 13.1. The summed E-state index contributed by atoms with van der Waals surface area (Å²) < 4.78 is 38.0. The Morgan fingerprint density at radius 2 is 1.50 bits per heavy atom. The Balaban J connectivity index is 1.39. The minimum absolute atomic E-state index is 0.0483. The fourth-order valence-electron chi connectivity index (χ4n) is 5.47. The maximum atomic E-state index is 13.1. The zero-order valence-electron chi connectivity index (χ0n) is 26.2. The van der Waals surface area contributed by atoms with Crippen LogP contribution in [0.4, 0.5) is 0 Å². The first-order valence-corrected chi connectivity index (χ1v) is 15.2. The predicted molar refractivity (Wildman–Crippen MR) is 157 cm³/mol. The first-order valence-electron chi connectivity index (χ1n) is 15.2. The second-order valence-corrected chi connectivity index (χ2v) is 11.4. The summed E-state index contributed by atoms with van der Waals surface area (Å²) in [6.45, 7) is 0.335. The van der Waals surface area contributed by atoms with E-state index in [9.17, 15) is 50.4 Å². The maximum Gasteiger partial charge on any atom is 0.337 e. The third-order valence-electron chi connectivity index (χ3n) is 8.29. The van der Waals surface area contributed by atoms with Crippen LogP contribution in [0.15, 0.2) is 47.7 Å². The molecule has 3 heterocycles. The van der Waals surface area contributed by atoms with E-state index in [1.807, 2.05) is 0 Å². The Hall–Kier alpha value is -3.20. The lowest BCUT2D eigenvalue weighted by atomic mass is 9.86. The number of benzene rings is 1. The van der Waals surface area contributed by atoms with Crippen LogP contribution < -0.4 is 0 Å². The molecule has 0 radical (unpaired) electrons. The Morgan fingerprint density at radius 3 is 2.12 bits per heavy atom. The van der Waals surface area contributed by atoms with Crippen molar-refractivity contribution in [2.24, 2.45) is 5.92 Å². The number of rotatable bonds is 12. The molecule has 0 saturated carbocycles. The fourth-order valence-corrected chi connectivity index (χ4v) is 5.47. The van der Waals surface area contributed by atoms with Crippen LogP contribution in [-0.2, 0) is 49.2 Å². The van der Waals surface area contributed by atoms with Gasteiger partial charge in [-0.15, -0.1) is 0 Å². The van der Waals surface area contributed by atoms with E-state index in [0.29, 0.717) is 6.42 Å². The van der Waals surface area contributed by atoms with Crippen LogP contribution in [0.5, 0.6) is 5.75 Å². The van der Waals surface area contributed by atoms with E-state index in [-0.39, 0.29) is 23.5 Å². The molecular weight excluding hydrogens is 644 g/mol. The van der Waals surface area contributed by atoms with Crippen molar-refractivity contribution in [3.63, 3.8) is 0 Å². The van der Waals surface area contributed by atoms with E-state index >= 15 is 0 Å². The van der Waals surface area contributed by atoms with Crippen molar-refractivity contribution >= 4 is 11.9 Å². The zero-order chi connectivity index (χ0) is 35.1. The third kappa shape index (κ3) is 8.68. The number of hydrogen-bond donors (Lipinski definition) is 8. The number of carbonyl (C=O) groups is 2. The summed E-state index contributed by atoms with van der Waals surface area (Å²) in [7, 11) is 1.12. The molecule has 8 N–H and O–H groups in total. The van der Waals surface area contributed by atoms with Gasteiger partial charge in [0, 0.05) is 11.5 Å². The van der Waals surface area contributed by atoms with Gasteiger partial charge >= 0.3 is 11.9 Å². The number of methoxy groups -OCH3 is 1. The van der Waals surface area contributed by atoms with Crippen LogP contribution in [0.3, 0.4) is 0 Å². The van der Waals surface area contributed by atoms with E-state index in [2.05, 4.69) is 0 Å². The molecule has 2 saturated heterocycles. The average molecular weight is 687 g/mol. The minimum Gasteiger partial charge on any atom is -0.508 e. The summed E-state index contributed by atoms with van der Waals surface area (Å²) in [6, 6.07) is 6.37. The van der Waals surface area contributed by atoms with Crippen molar-refractivity contribution in [1.29, 1.82) is 0 Å². The zero-order valence-corrected chi connectivity index (χ0v) is 26.2. The first kappa shape index (κ1) is 37.6. The van der Waals surface area contributed by atoms with Crippen molar-refractivity contribution in [2.45, 2.75) is 87.5 Å². The Morgan fingerprint density at radius 1 is 0.875 bits per heavy atom. The van der Waals surface area contributed by atoms with Crippen molar-refractivity contribution in [2.75, 3.05) is 26.9 Å². The molecule has 1 aromatic rings. The number of aliphatic hydroxyl groups excluding tert-OH is 7. The number of phenolic OH excluding ortho intramolecular Hbond substituents is 1. The molecule has 3 aliphatic rings. The molecule has 17 nitrogen and oxygen atoms in total. The average Bonchev–Trinajstić information content (AvgIpc) is 3.08. The number of hydrogen-bond acceptors (Lipinski definition) is 17. The summed E-state index contributed by atoms with van der Waals surface area (Å²) in [5.74, 6) is -2.69. The lowest BCUT2D eigenvalue weighted by Crippen LogP contribution is -2.60. The van der Waals surface area contributed by atoms with Crippen LogP contribution in [0.2, 0.25) is 0 Å². The van der Waals surface area contributed by atoms with Gasteiger partial charge in [-0.2, -0.15) is 0 Å². The molecule has 2 fully saturated rings. The van der Waals surface area contributed by atoms with E-state index in [0.717, 1.165) is 18.9 Å². The van der Waals surface area contributed by atoms with Crippen LogP contribution in [0, 0.1) is 5.92 Å². The number of phenols is 1. The molecule has 0 spiro atoms. The molecule has 3 aliphatic heterocycles. The molecule has 0 aliphatic carbocycles. The van der Waals surface area contributed by atoms with Crippen LogP contribution >= 0.6 is 0 Å². The molecule has 0 amide bonds. The number of aromatic hydroxyl groups is 1. The van der Waals surface area contributed by atoms with Crippen LogP contribution in [0.1, 0.15) is 18.9 Å². The molecule has 12 atom stereocenters. The van der Waals surface area contributed by atoms with Gasteiger partial charge in [-0.25, -0.2) is 4.79 Å². The van der Waals surface area contributed by atoms with Crippen LogP contribution in [0.25, 0.3) is 0 Å². The molecule has 268 valence electrons. The number of allylic oxidation sites excluding steroid dienone is 1. The molecule has 1 aromatic carbocycles. The molecule has 17 heteroatoms. The Kier molecular flexibility index (Phi) is 13.3. The highest BCUT2D eigenvalue weighted by molar-refractivity contribution is 5.90. The van der Waals surface area contributed by atoms with Crippen molar-refractivity contribution in [3.05, 3.63) is 53.3 Å². The standard InChI is InChI=1S/C31H42O17/c1-3-16-17(18(28(41)42-2)12-45-29(16)48-31-27(40)24(37)22(35)19(11-32)46-31)10-21(34)44-13-20-23(36)25(38)26(39)30(47-20)43-9-8-14-4-6-15(33)7-5-14/h3-7,12,17,19-20,22-27,29-33,35-40H,8-11,13H2,1-2H3/t17-,19+,20+,22+,23+,24+,25-,26-,27+,29-,30+,31-/m1/s1. The van der Waals surface area contributed by atoms with E-state index in [1.54, 1.807) is 19.1 Å². The van der Waals surface area contributed by atoms with Gasteiger partial charge < -0.3 is 74.0 Å². The molecule has 0 aromatic heterocycles. The monoisotopic (exact) mass is 686 g/mol. The topological polar surface area (TPSA) is 261 Å². The Labute approximate surface area is 275 Å². The van der Waals surface area contributed by atoms with Crippen LogP contribution in [-0.4, -0.2) is 147 Å². The SMILES string of the molecule is CC=C1[C@@H](O[C@H]2O[C@@H](CO)[C@H](O)[C@H](O)[C@@H]2O)OC=C(C(=O)OC)[C@@H]1CC(=O)OC[C@@H]1O[C@H](OCCc2ccc(O)cc2)[C@H](O)[C@H](O)[C@H]1O. The van der Waals surface area contributed by atoms with Crippen molar-refractivity contribution in [3.8, 4) is 5.75 Å². The second kappa shape index (κ2) is 17.0. The van der Waals surface area contributed by atoms with Gasteiger partial charge in [0.05, 0.1) is 38.6 Å². The smallest absolute Gasteiger partial charge is 0.337 e. The summed E-state index contributed by atoms with van der Waals surface area (Å²) in [6.07, 6.45) is -14.6.